The summed E-state index contributed by atoms with van der Waals surface area (Å²) >= 11 is 0. The number of amides is 6. The van der Waals surface area contributed by atoms with Crippen molar-refractivity contribution < 1.29 is 85.8 Å². The summed E-state index contributed by atoms with van der Waals surface area (Å²) in [6.45, 7) is 8.65. The van der Waals surface area contributed by atoms with Crippen LogP contribution in [0.2, 0.25) is 0 Å². The number of hydrogen-bond acceptors (Lipinski definition) is 19. The number of anilines is 6. The van der Waals surface area contributed by atoms with Crippen molar-refractivity contribution in [3.63, 3.8) is 0 Å². The molecule has 0 aliphatic heterocycles. The van der Waals surface area contributed by atoms with Gasteiger partial charge in [-0.2, -0.15) is 0 Å². The minimum absolute atomic E-state index is 0.106. The number of carbonyl (C=O) groups excluding carboxylic acids is 9. The Balaban J connectivity index is 1.47. The summed E-state index contributed by atoms with van der Waals surface area (Å²) in [7, 11) is 0. The Morgan fingerprint density at radius 1 is 0.314 bits per heavy atom. The third-order valence-electron chi connectivity index (χ3n) is 8.24. The van der Waals surface area contributed by atoms with Crippen LogP contribution >= 0.6 is 0 Å². The summed E-state index contributed by atoms with van der Waals surface area (Å²) < 4.78 is 44.9. The van der Waals surface area contributed by atoms with Crippen LogP contribution in [0.3, 0.4) is 0 Å². The lowest BCUT2D eigenvalue weighted by molar-refractivity contribution is -0.139. The zero-order valence-electron chi connectivity index (χ0n) is 37.6. The predicted molar refractivity (Wildman–Crippen MR) is 249 cm³/mol. The van der Waals surface area contributed by atoms with Gasteiger partial charge in [-0.3, -0.25) is 36.8 Å². The lowest BCUT2D eigenvalue weighted by atomic mass is 10.3. The Morgan fingerprint density at radius 2 is 0.486 bits per heavy atom. The van der Waals surface area contributed by atoms with E-state index in [0.29, 0.717) is 34.1 Å². The van der Waals surface area contributed by atoms with Crippen molar-refractivity contribution in [2.45, 2.75) is 0 Å². The van der Waals surface area contributed by atoms with Crippen LogP contribution in [-0.4, -0.2) is 138 Å². The van der Waals surface area contributed by atoms with Gasteiger partial charge in [0.05, 0.1) is 0 Å². The second kappa shape index (κ2) is 31.7. The van der Waals surface area contributed by atoms with Gasteiger partial charge in [0, 0.05) is 72.0 Å². The van der Waals surface area contributed by atoms with E-state index in [-0.39, 0.29) is 79.1 Å². The number of benzene rings is 3. The summed E-state index contributed by atoms with van der Waals surface area (Å²) in [4.78, 5) is 109. The van der Waals surface area contributed by atoms with E-state index in [2.05, 4.69) is 51.6 Å². The van der Waals surface area contributed by atoms with Crippen molar-refractivity contribution in [2.24, 2.45) is 0 Å². The van der Waals surface area contributed by atoms with Gasteiger partial charge in [0.1, 0.15) is 59.5 Å². The number of rotatable bonds is 27. The maximum Gasteiger partial charge on any atom is 0.411 e. The molecule has 6 amide bonds. The maximum atomic E-state index is 12.6. The first-order valence-corrected chi connectivity index (χ1v) is 20.8. The number of hydrogen-bond donors (Lipinski definition) is 6. The zero-order valence-corrected chi connectivity index (χ0v) is 37.6. The first kappa shape index (κ1) is 55.2. The molecule has 0 spiro atoms. The molecular weight excluding hydrogens is 927 g/mol. The van der Waals surface area contributed by atoms with Gasteiger partial charge < -0.3 is 42.6 Å². The van der Waals surface area contributed by atoms with Crippen LogP contribution in [0.15, 0.2) is 111 Å². The lowest BCUT2D eigenvalue weighted by Crippen LogP contribution is -2.36. The summed E-state index contributed by atoms with van der Waals surface area (Å²) in [5, 5.41) is 15.1. The molecule has 374 valence electrons. The lowest BCUT2D eigenvalue weighted by Gasteiger charge is -2.22. The molecule has 0 aliphatic rings. The predicted octanol–water partition coefficient (Wildman–Crippen LogP) is 5.87. The Hall–Kier alpha value is -9.13. The van der Waals surface area contributed by atoms with Crippen molar-refractivity contribution in [3.8, 4) is 0 Å². The highest BCUT2D eigenvalue weighted by molar-refractivity contribution is 5.90. The third-order valence-corrected chi connectivity index (χ3v) is 8.24. The van der Waals surface area contributed by atoms with E-state index >= 15 is 0 Å². The van der Waals surface area contributed by atoms with Gasteiger partial charge in [0.15, 0.2) is 0 Å². The van der Waals surface area contributed by atoms with Crippen molar-refractivity contribution in [1.82, 2.24) is 4.90 Å². The molecular formula is C45H51N7O18. The molecule has 0 unspecified atom stereocenters. The van der Waals surface area contributed by atoms with E-state index in [4.69, 9.17) is 42.6 Å². The van der Waals surface area contributed by atoms with Crippen LogP contribution in [0.1, 0.15) is 0 Å². The van der Waals surface area contributed by atoms with Crippen LogP contribution in [-0.2, 0) is 57.0 Å². The third kappa shape index (κ3) is 24.4. The summed E-state index contributed by atoms with van der Waals surface area (Å²) in [6, 6.07) is 17.9. The van der Waals surface area contributed by atoms with Gasteiger partial charge in [0.2, 0.25) is 0 Å². The maximum absolute atomic E-state index is 12.6. The average Bonchev–Trinajstić information content (AvgIpc) is 3.34. The number of carbonyl (C=O) groups is 9. The minimum atomic E-state index is -0.810. The molecule has 3 rings (SSSR count). The van der Waals surface area contributed by atoms with Gasteiger partial charge in [-0.15, -0.1) is 0 Å². The van der Waals surface area contributed by atoms with Crippen LogP contribution in [0.25, 0.3) is 0 Å². The molecule has 0 bridgehead atoms. The van der Waals surface area contributed by atoms with Crippen LogP contribution in [0.4, 0.5) is 62.9 Å². The fourth-order valence-electron chi connectivity index (χ4n) is 4.98. The molecule has 25 heteroatoms. The van der Waals surface area contributed by atoms with E-state index in [1.165, 1.54) is 72.8 Å². The van der Waals surface area contributed by atoms with E-state index < -0.39 is 54.5 Å². The van der Waals surface area contributed by atoms with Crippen molar-refractivity contribution in [2.75, 3.05) is 111 Å². The Bertz CT molecular complexity index is 2010. The normalized spacial score (nSPS) is 10.1. The summed E-state index contributed by atoms with van der Waals surface area (Å²) in [5.41, 5.74) is 2.03. The summed E-state index contributed by atoms with van der Waals surface area (Å²) in [6.07, 6.45) is -1.89. The first-order valence-electron chi connectivity index (χ1n) is 20.8. The molecule has 6 N–H and O–H groups in total. The Morgan fingerprint density at radius 3 is 0.671 bits per heavy atom. The van der Waals surface area contributed by atoms with Crippen molar-refractivity contribution in [3.05, 3.63) is 111 Å². The molecule has 25 nitrogen and oxygen atoms in total. The molecule has 70 heavy (non-hydrogen) atoms. The van der Waals surface area contributed by atoms with E-state index in [1.54, 1.807) is 4.90 Å². The van der Waals surface area contributed by atoms with Crippen molar-refractivity contribution >= 4 is 88.6 Å². The molecule has 3 aromatic rings. The van der Waals surface area contributed by atoms with Crippen LogP contribution in [0, 0.1) is 0 Å². The molecule has 0 saturated carbocycles. The standard InChI is InChI=1S/C45H51N7O18/c1-4-37(53)62-25-28-68-43(59)49-34-13-7-31(8-14-34)46-40(56)65-22-19-52(20-23-66-41(57)47-32-9-15-35(16-10-32)50-44(60)69-29-26-63-38(54)5-2)21-24-67-42(58)48-33-11-17-36(18-12-33)51-45(61)70-30-27-64-39(55)6-3/h4-18H,1-3,19-30H2,(H,46,56)(H,47,57)(H,48,58)(H,49,59)(H,50,60)(H,51,61). The molecule has 3 aromatic carbocycles. The Kier molecular flexibility index (Phi) is 25.0. The number of nitrogens with zero attached hydrogens (tertiary/aromatic N) is 1. The molecule has 0 saturated heterocycles. The smallest absolute Gasteiger partial charge is 0.411 e. The molecule has 0 heterocycles. The summed E-state index contributed by atoms with van der Waals surface area (Å²) in [5.74, 6) is -1.97. The highest BCUT2D eigenvalue weighted by Gasteiger charge is 2.14. The highest BCUT2D eigenvalue weighted by atomic mass is 16.6. The van der Waals surface area contributed by atoms with Gasteiger partial charge >= 0.3 is 54.5 Å². The minimum Gasteiger partial charge on any atom is -0.459 e. The fraction of sp³-hybridized carbons (Fsp3) is 0.267. The topological polar surface area (TPSA) is 312 Å². The molecule has 0 aromatic heterocycles. The van der Waals surface area contributed by atoms with E-state index in [9.17, 15) is 43.2 Å². The second-order valence-electron chi connectivity index (χ2n) is 13.3. The Labute approximate surface area is 400 Å². The van der Waals surface area contributed by atoms with Gasteiger partial charge in [-0.25, -0.2) is 43.2 Å². The second-order valence-corrected chi connectivity index (χ2v) is 13.3. The van der Waals surface area contributed by atoms with Crippen molar-refractivity contribution in [1.29, 1.82) is 0 Å². The zero-order chi connectivity index (χ0) is 50.9. The largest absolute Gasteiger partial charge is 0.459 e. The van der Waals surface area contributed by atoms with E-state index in [0.717, 1.165) is 18.2 Å². The molecule has 0 aliphatic carbocycles. The molecule has 0 atom stereocenters. The average molecular weight is 978 g/mol. The van der Waals surface area contributed by atoms with Crippen LogP contribution in [0.5, 0.6) is 0 Å². The molecule has 0 fully saturated rings. The number of nitrogens with one attached hydrogen (secondary N) is 6. The monoisotopic (exact) mass is 977 g/mol. The van der Waals surface area contributed by atoms with Gasteiger partial charge in [0.25, 0.3) is 0 Å². The highest BCUT2D eigenvalue weighted by Crippen LogP contribution is 2.17. The van der Waals surface area contributed by atoms with E-state index in [1.807, 2.05) is 0 Å². The van der Waals surface area contributed by atoms with Gasteiger partial charge in [-0.1, -0.05) is 19.7 Å². The van der Waals surface area contributed by atoms with Crippen LogP contribution < -0.4 is 31.9 Å². The first-order chi connectivity index (χ1) is 33.7. The fourth-order valence-corrected chi connectivity index (χ4v) is 4.98. The van der Waals surface area contributed by atoms with Gasteiger partial charge in [-0.05, 0) is 72.8 Å². The molecule has 0 radical (unpaired) electrons. The number of esters is 3. The number of ether oxygens (including phenoxy) is 9. The SMILES string of the molecule is C=CC(=O)OCCOC(=O)Nc1ccc(NC(=O)OCCN(CCOC(=O)Nc2ccc(NC(=O)OCCOC(=O)C=C)cc2)CCOC(=O)Nc2ccc(NC(=O)OCCOC(=O)C=C)cc2)cc1. The quantitative estimate of drug-likeness (QED) is 0.0225.